The third-order valence-electron chi connectivity index (χ3n) is 3.50. The van der Waals surface area contributed by atoms with Crippen LogP contribution in [-0.2, 0) is 4.79 Å². The van der Waals surface area contributed by atoms with Gasteiger partial charge >= 0.3 is 5.97 Å². The second-order valence-electron chi connectivity index (χ2n) is 5.19. The van der Waals surface area contributed by atoms with Crippen molar-refractivity contribution in [2.45, 2.75) is 0 Å². The molecule has 1 aromatic heterocycles. The Hall–Kier alpha value is -3.74. The topological polar surface area (TPSA) is 98.3 Å². The molecule has 0 fully saturated rings. The summed E-state index contributed by atoms with van der Waals surface area (Å²) in [5.41, 5.74) is 2.29. The molecule has 25 heavy (non-hydrogen) atoms. The summed E-state index contributed by atoms with van der Waals surface area (Å²) in [6.45, 7) is 0. The molecule has 0 bridgehead atoms. The third kappa shape index (κ3) is 3.61. The molecule has 0 aliphatic carbocycles. The summed E-state index contributed by atoms with van der Waals surface area (Å²) in [5.74, 6) is -1.09. The number of nitrogens with zero attached hydrogens (tertiary/aromatic N) is 3. The van der Waals surface area contributed by atoms with Gasteiger partial charge in [-0.05, 0) is 18.2 Å². The van der Waals surface area contributed by atoms with Gasteiger partial charge in [0.2, 0.25) is 0 Å². The van der Waals surface area contributed by atoms with E-state index in [0.29, 0.717) is 16.8 Å². The van der Waals surface area contributed by atoms with Crippen LogP contribution in [0.1, 0.15) is 5.56 Å². The highest BCUT2D eigenvalue weighted by molar-refractivity contribution is 5.87. The van der Waals surface area contributed by atoms with Gasteiger partial charge in [0.25, 0.3) is 5.69 Å². The van der Waals surface area contributed by atoms with Gasteiger partial charge in [-0.15, -0.1) is 0 Å². The molecule has 0 radical (unpaired) electrons. The predicted molar refractivity (Wildman–Crippen MR) is 92.3 cm³/mol. The van der Waals surface area contributed by atoms with Crippen molar-refractivity contribution in [2.24, 2.45) is 0 Å². The van der Waals surface area contributed by atoms with Crippen molar-refractivity contribution in [1.29, 1.82) is 0 Å². The van der Waals surface area contributed by atoms with Crippen molar-refractivity contribution in [3.05, 3.63) is 82.5 Å². The number of nitro benzene ring substituents is 1. The second-order valence-corrected chi connectivity index (χ2v) is 5.19. The van der Waals surface area contributed by atoms with E-state index in [9.17, 15) is 14.9 Å². The molecule has 3 rings (SSSR count). The normalized spacial score (nSPS) is 10.9. The van der Waals surface area contributed by atoms with Crippen molar-refractivity contribution in [2.75, 3.05) is 0 Å². The standard InChI is InChI=1S/C18H13N3O4/c22-17(23)10-9-14-12-20(15-6-2-1-3-7-15)19-18(14)13-5-4-8-16(11-13)21(24)25/h1-12H,(H,22,23)/b10-9+. The fourth-order valence-electron chi connectivity index (χ4n) is 2.37. The maximum atomic E-state index is 11.0. The average molecular weight is 335 g/mol. The number of aliphatic carboxylic acids is 1. The van der Waals surface area contributed by atoms with Crippen molar-refractivity contribution < 1.29 is 14.8 Å². The molecule has 1 N–H and O–H groups in total. The number of carbonyl (C=O) groups is 1. The van der Waals surface area contributed by atoms with Gasteiger partial charge in [-0.3, -0.25) is 10.1 Å². The quantitative estimate of drug-likeness (QED) is 0.437. The molecule has 3 aromatic rings. The molecule has 0 saturated carbocycles. The van der Waals surface area contributed by atoms with Crippen LogP contribution in [0.15, 0.2) is 66.9 Å². The van der Waals surface area contributed by atoms with E-state index in [1.807, 2.05) is 30.3 Å². The van der Waals surface area contributed by atoms with Crippen LogP contribution in [0.4, 0.5) is 5.69 Å². The van der Waals surface area contributed by atoms with Crippen LogP contribution in [0, 0.1) is 10.1 Å². The molecule has 0 atom stereocenters. The number of hydrogen-bond acceptors (Lipinski definition) is 4. The lowest BCUT2D eigenvalue weighted by molar-refractivity contribution is -0.384. The second kappa shape index (κ2) is 6.79. The Morgan fingerprint density at radius 2 is 1.92 bits per heavy atom. The number of non-ortho nitro benzene ring substituents is 1. The van der Waals surface area contributed by atoms with Crippen molar-refractivity contribution >= 4 is 17.7 Å². The molecule has 1 heterocycles. The fourth-order valence-corrected chi connectivity index (χ4v) is 2.37. The van der Waals surface area contributed by atoms with Gasteiger partial charge in [-0.2, -0.15) is 5.10 Å². The summed E-state index contributed by atoms with van der Waals surface area (Å²) < 4.78 is 1.61. The van der Waals surface area contributed by atoms with Crippen LogP contribution >= 0.6 is 0 Å². The number of carboxylic acid groups (broad SMARTS) is 1. The summed E-state index contributed by atoms with van der Waals surface area (Å²) in [6, 6.07) is 15.4. The number of rotatable bonds is 5. The van der Waals surface area contributed by atoms with E-state index in [-0.39, 0.29) is 5.69 Å². The van der Waals surface area contributed by atoms with Gasteiger partial charge in [0.05, 0.1) is 10.6 Å². The molecule has 0 amide bonds. The predicted octanol–water partition coefficient (Wildman–Crippen LogP) is 3.55. The first-order chi connectivity index (χ1) is 12.0. The van der Waals surface area contributed by atoms with Crippen LogP contribution in [0.5, 0.6) is 0 Å². The Labute approximate surface area is 142 Å². The van der Waals surface area contributed by atoms with Crippen molar-refractivity contribution in [1.82, 2.24) is 9.78 Å². The summed E-state index contributed by atoms with van der Waals surface area (Å²) in [5, 5.41) is 24.4. The summed E-state index contributed by atoms with van der Waals surface area (Å²) in [4.78, 5) is 21.4. The number of hydrogen-bond donors (Lipinski definition) is 1. The van der Waals surface area contributed by atoms with Gasteiger partial charge in [0.15, 0.2) is 0 Å². The van der Waals surface area contributed by atoms with E-state index in [2.05, 4.69) is 5.10 Å². The Kier molecular flexibility index (Phi) is 4.38. The van der Waals surface area contributed by atoms with Crippen molar-refractivity contribution in [3.8, 4) is 16.9 Å². The van der Waals surface area contributed by atoms with E-state index in [0.717, 1.165) is 11.8 Å². The van der Waals surface area contributed by atoms with Gasteiger partial charge in [0.1, 0.15) is 5.69 Å². The Balaban J connectivity index is 2.13. The van der Waals surface area contributed by atoms with Crippen molar-refractivity contribution in [3.63, 3.8) is 0 Å². The van der Waals surface area contributed by atoms with Gasteiger partial charge in [-0.1, -0.05) is 30.3 Å². The highest BCUT2D eigenvalue weighted by atomic mass is 16.6. The van der Waals surface area contributed by atoms with Gasteiger partial charge < -0.3 is 5.11 Å². The molecule has 7 heteroatoms. The van der Waals surface area contributed by atoms with Crippen LogP contribution in [-0.4, -0.2) is 25.8 Å². The summed E-state index contributed by atoms with van der Waals surface area (Å²) in [7, 11) is 0. The van der Waals surface area contributed by atoms with E-state index in [4.69, 9.17) is 5.11 Å². The highest BCUT2D eigenvalue weighted by Crippen LogP contribution is 2.27. The van der Waals surface area contributed by atoms with Crippen LogP contribution in [0.3, 0.4) is 0 Å². The highest BCUT2D eigenvalue weighted by Gasteiger charge is 2.14. The number of aromatic nitrogens is 2. The Morgan fingerprint density at radius 1 is 1.16 bits per heavy atom. The number of nitro groups is 1. The molecule has 0 aliphatic rings. The number of benzene rings is 2. The first-order valence-electron chi connectivity index (χ1n) is 7.35. The van der Waals surface area contributed by atoms with Crippen LogP contribution in [0.2, 0.25) is 0 Å². The molecule has 124 valence electrons. The fraction of sp³-hybridized carbons (Fsp3) is 0. The smallest absolute Gasteiger partial charge is 0.328 e. The molecule has 0 aliphatic heterocycles. The minimum Gasteiger partial charge on any atom is -0.478 e. The SMILES string of the molecule is O=C(O)/C=C/c1cn(-c2ccccc2)nc1-c1cccc([N+](=O)[O-])c1. The maximum absolute atomic E-state index is 11.0. The molecule has 0 spiro atoms. The molecule has 0 saturated heterocycles. The van der Waals surface area contributed by atoms with Crippen LogP contribution in [0.25, 0.3) is 23.0 Å². The molecule has 0 unspecified atom stereocenters. The summed E-state index contributed by atoms with van der Waals surface area (Å²) >= 11 is 0. The maximum Gasteiger partial charge on any atom is 0.328 e. The first kappa shape index (κ1) is 16.1. The number of para-hydroxylation sites is 1. The molecular weight excluding hydrogens is 322 g/mol. The zero-order chi connectivity index (χ0) is 17.8. The molecular formula is C18H13N3O4. The monoisotopic (exact) mass is 335 g/mol. The van der Waals surface area contributed by atoms with E-state index < -0.39 is 10.9 Å². The third-order valence-corrected chi connectivity index (χ3v) is 3.50. The van der Waals surface area contributed by atoms with E-state index in [1.54, 1.807) is 23.0 Å². The van der Waals surface area contributed by atoms with Crippen LogP contribution < -0.4 is 0 Å². The van der Waals surface area contributed by atoms with Gasteiger partial charge in [-0.25, -0.2) is 9.48 Å². The largest absolute Gasteiger partial charge is 0.478 e. The lowest BCUT2D eigenvalue weighted by Crippen LogP contribution is -1.94. The van der Waals surface area contributed by atoms with Gasteiger partial charge in [0, 0.05) is 35.5 Å². The lowest BCUT2D eigenvalue weighted by atomic mass is 10.1. The van der Waals surface area contributed by atoms with E-state index in [1.165, 1.54) is 18.2 Å². The zero-order valence-corrected chi connectivity index (χ0v) is 12.9. The Bertz CT molecular complexity index is 961. The van der Waals surface area contributed by atoms with E-state index >= 15 is 0 Å². The summed E-state index contributed by atoms with van der Waals surface area (Å²) in [6.07, 6.45) is 4.11. The number of carboxylic acids is 1. The minimum absolute atomic E-state index is 0.0556. The molecule has 7 nitrogen and oxygen atoms in total. The minimum atomic E-state index is -1.09. The Morgan fingerprint density at radius 3 is 2.60 bits per heavy atom. The molecule has 2 aromatic carbocycles. The average Bonchev–Trinajstić information content (AvgIpc) is 3.05. The zero-order valence-electron chi connectivity index (χ0n) is 12.9. The lowest BCUT2D eigenvalue weighted by Gasteiger charge is -2.00. The first-order valence-corrected chi connectivity index (χ1v) is 7.35.